The number of rotatable bonds is 8. The van der Waals surface area contributed by atoms with Crippen LogP contribution in [0.15, 0.2) is 36.4 Å². The standard InChI is InChI=1S/C23H28N2O5/c1-15-5-7-19-18(13-15)25(23(27)16(2)30-19)12-10-22(26)24-11-9-17-6-8-20(28-3)21(14-17)29-4/h5-8,13-14,16H,9-12H2,1-4H3,(H,24,26)/t16-/m1/s1. The normalized spacial score (nSPS) is 15.3. The predicted octanol–water partition coefficient (Wildman–Crippen LogP) is 2.88. The van der Waals surface area contributed by atoms with Crippen molar-refractivity contribution in [3.05, 3.63) is 47.5 Å². The van der Waals surface area contributed by atoms with Gasteiger partial charge in [0.15, 0.2) is 17.6 Å². The topological polar surface area (TPSA) is 77.1 Å². The van der Waals surface area contributed by atoms with Crippen LogP contribution in [0, 0.1) is 6.92 Å². The number of methoxy groups -OCH3 is 2. The summed E-state index contributed by atoms with van der Waals surface area (Å²) in [6, 6.07) is 11.4. The molecule has 1 N–H and O–H groups in total. The minimum Gasteiger partial charge on any atom is -0.493 e. The highest BCUT2D eigenvalue weighted by atomic mass is 16.5. The molecule has 0 aliphatic carbocycles. The molecular formula is C23H28N2O5. The lowest BCUT2D eigenvalue weighted by Crippen LogP contribution is -2.46. The minimum atomic E-state index is -0.562. The molecule has 1 heterocycles. The Morgan fingerprint density at radius 3 is 2.63 bits per heavy atom. The summed E-state index contributed by atoms with van der Waals surface area (Å²) < 4.78 is 16.2. The first-order chi connectivity index (χ1) is 14.4. The van der Waals surface area contributed by atoms with E-state index in [0.717, 1.165) is 16.8 Å². The van der Waals surface area contributed by atoms with Gasteiger partial charge >= 0.3 is 0 Å². The number of ether oxygens (including phenoxy) is 3. The molecular weight excluding hydrogens is 384 g/mol. The Kier molecular flexibility index (Phi) is 6.82. The molecule has 7 heteroatoms. The van der Waals surface area contributed by atoms with E-state index >= 15 is 0 Å². The van der Waals surface area contributed by atoms with Crippen LogP contribution in [-0.2, 0) is 16.0 Å². The van der Waals surface area contributed by atoms with Crippen molar-refractivity contribution in [1.82, 2.24) is 5.32 Å². The molecule has 0 unspecified atom stereocenters. The number of fused-ring (bicyclic) bond motifs is 1. The number of aryl methyl sites for hydroxylation is 1. The van der Waals surface area contributed by atoms with E-state index in [1.807, 2.05) is 43.3 Å². The van der Waals surface area contributed by atoms with Gasteiger partial charge in [0, 0.05) is 19.5 Å². The first kappa shape index (κ1) is 21.5. The van der Waals surface area contributed by atoms with Gasteiger partial charge in [-0.15, -0.1) is 0 Å². The number of carbonyl (C=O) groups is 2. The Balaban J connectivity index is 1.54. The van der Waals surface area contributed by atoms with Gasteiger partial charge in [-0.25, -0.2) is 0 Å². The van der Waals surface area contributed by atoms with E-state index in [0.29, 0.717) is 36.8 Å². The molecule has 160 valence electrons. The Hall–Kier alpha value is -3.22. The molecule has 30 heavy (non-hydrogen) atoms. The van der Waals surface area contributed by atoms with Crippen LogP contribution in [0.3, 0.4) is 0 Å². The number of hydrogen-bond donors (Lipinski definition) is 1. The second-order valence-corrected chi connectivity index (χ2v) is 7.26. The van der Waals surface area contributed by atoms with Gasteiger partial charge in [0.05, 0.1) is 19.9 Å². The largest absolute Gasteiger partial charge is 0.493 e. The summed E-state index contributed by atoms with van der Waals surface area (Å²) in [5.41, 5.74) is 2.79. The second-order valence-electron chi connectivity index (χ2n) is 7.26. The smallest absolute Gasteiger partial charge is 0.267 e. The summed E-state index contributed by atoms with van der Waals surface area (Å²) >= 11 is 0. The molecule has 0 saturated carbocycles. The van der Waals surface area contributed by atoms with Crippen LogP contribution in [0.1, 0.15) is 24.5 Å². The van der Waals surface area contributed by atoms with E-state index in [2.05, 4.69) is 5.32 Å². The van der Waals surface area contributed by atoms with Crippen LogP contribution in [0.2, 0.25) is 0 Å². The average molecular weight is 412 g/mol. The number of nitrogens with one attached hydrogen (secondary N) is 1. The van der Waals surface area contributed by atoms with Crippen LogP contribution >= 0.6 is 0 Å². The Bertz CT molecular complexity index is 928. The van der Waals surface area contributed by atoms with Crippen molar-refractivity contribution in [3.8, 4) is 17.2 Å². The molecule has 0 radical (unpaired) electrons. The molecule has 0 spiro atoms. The number of hydrogen-bond acceptors (Lipinski definition) is 5. The molecule has 3 rings (SSSR count). The fourth-order valence-electron chi connectivity index (χ4n) is 3.43. The molecule has 2 aromatic rings. The maximum Gasteiger partial charge on any atom is 0.267 e. The molecule has 2 aromatic carbocycles. The fourth-order valence-corrected chi connectivity index (χ4v) is 3.43. The average Bonchev–Trinajstić information content (AvgIpc) is 2.74. The first-order valence-electron chi connectivity index (χ1n) is 9.99. The zero-order valence-electron chi connectivity index (χ0n) is 17.9. The van der Waals surface area contributed by atoms with Crippen LogP contribution in [0.5, 0.6) is 17.2 Å². The highest BCUT2D eigenvalue weighted by Gasteiger charge is 2.31. The van der Waals surface area contributed by atoms with Gasteiger partial charge < -0.3 is 24.4 Å². The van der Waals surface area contributed by atoms with Crippen LogP contribution < -0.4 is 24.4 Å². The zero-order chi connectivity index (χ0) is 21.7. The third-order valence-electron chi connectivity index (χ3n) is 5.07. The Labute approximate surface area is 176 Å². The summed E-state index contributed by atoms with van der Waals surface area (Å²) in [7, 11) is 3.19. The third-order valence-corrected chi connectivity index (χ3v) is 5.07. The quantitative estimate of drug-likeness (QED) is 0.722. The number of amides is 2. The van der Waals surface area contributed by atoms with E-state index < -0.39 is 6.10 Å². The van der Waals surface area contributed by atoms with Crippen LogP contribution in [-0.4, -0.2) is 45.2 Å². The van der Waals surface area contributed by atoms with Crippen molar-refractivity contribution in [2.24, 2.45) is 0 Å². The molecule has 0 aromatic heterocycles. The minimum absolute atomic E-state index is 0.100. The first-order valence-corrected chi connectivity index (χ1v) is 9.99. The van der Waals surface area contributed by atoms with Crippen molar-refractivity contribution in [2.75, 3.05) is 32.2 Å². The van der Waals surface area contributed by atoms with Gasteiger partial charge in [0.1, 0.15) is 5.75 Å². The Morgan fingerprint density at radius 1 is 1.13 bits per heavy atom. The lowest BCUT2D eigenvalue weighted by Gasteiger charge is -2.33. The van der Waals surface area contributed by atoms with Gasteiger partial charge in [-0.05, 0) is 55.7 Å². The third kappa shape index (κ3) is 4.84. The molecule has 0 saturated heterocycles. The SMILES string of the molecule is COc1ccc(CCNC(=O)CCN2C(=O)[C@@H](C)Oc3ccc(C)cc32)cc1OC. The number of carbonyl (C=O) groups excluding carboxylic acids is 2. The van der Waals surface area contributed by atoms with Gasteiger partial charge in [-0.1, -0.05) is 12.1 Å². The van der Waals surface area contributed by atoms with Gasteiger partial charge in [0.2, 0.25) is 5.91 Å². The fraction of sp³-hybridized carbons (Fsp3) is 0.391. The van der Waals surface area contributed by atoms with E-state index in [4.69, 9.17) is 14.2 Å². The van der Waals surface area contributed by atoms with E-state index in [1.165, 1.54) is 0 Å². The number of nitrogens with zero attached hydrogens (tertiary/aromatic N) is 1. The maximum atomic E-state index is 12.6. The molecule has 7 nitrogen and oxygen atoms in total. The molecule has 1 aliphatic heterocycles. The van der Waals surface area contributed by atoms with Crippen molar-refractivity contribution in [1.29, 1.82) is 0 Å². The number of anilines is 1. The number of benzene rings is 2. The lowest BCUT2D eigenvalue weighted by atomic mass is 10.1. The summed E-state index contributed by atoms with van der Waals surface area (Å²) in [6.45, 7) is 4.49. The highest BCUT2D eigenvalue weighted by molar-refractivity contribution is 6.00. The maximum absolute atomic E-state index is 12.6. The summed E-state index contributed by atoms with van der Waals surface area (Å²) in [5, 5.41) is 2.92. The molecule has 1 aliphatic rings. The van der Waals surface area contributed by atoms with Gasteiger partial charge in [0.25, 0.3) is 5.91 Å². The van der Waals surface area contributed by atoms with Crippen molar-refractivity contribution in [3.63, 3.8) is 0 Å². The predicted molar refractivity (Wildman–Crippen MR) is 114 cm³/mol. The highest BCUT2D eigenvalue weighted by Crippen LogP contribution is 2.34. The van der Waals surface area contributed by atoms with Crippen LogP contribution in [0.4, 0.5) is 5.69 Å². The summed E-state index contributed by atoms with van der Waals surface area (Å²) in [5.74, 6) is 1.77. The van der Waals surface area contributed by atoms with Crippen molar-refractivity contribution in [2.45, 2.75) is 32.8 Å². The second kappa shape index (κ2) is 9.52. The summed E-state index contributed by atoms with van der Waals surface area (Å²) in [4.78, 5) is 26.6. The molecule has 1 atom stereocenters. The van der Waals surface area contributed by atoms with E-state index in [9.17, 15) is 9.59 Å². The van der Waals surface area contributed by atoms with Gasteiger partial charge in [-0.3, -0.25) is 9.59 Å². The lowest BCUT2D eigenvalue weighted by molar-refractivity contribution is -0.125. The molecule has 0 fully saturated rings. The monoisotopic (exact) mass is 412 g/mol. The zero-order valence-corrected chi connectivity index (χ0v) is 17.9. The van der Waals surface area contributed by atoms with Crippen molar-refractivity contribution >= 4 is 17.5 Å². The van der Waals surface area contributed by atoms with E-state index in [1.54, 1.807) is 26.0 Å². The molecule has 0 bridgehead atoms. The van der Waals surface area contributed by atoms with E-state index in [-0.39, 0.29) is 18.2 Å². The molecule has 2 amide bonds. The summed E-state index contributed by atoms with van der Waals surface area (Å²) in [6.07, 6.45) is 0.327. The van der Waals surface area contributed by atoms with Crippen LogP contribution in [0.25, 0.3) is 0 Å². The van der Waals surface area contributed by atoms with Crippen molar-refractivity contribution < 1.29 is 23.8 Å². The Morgan fingerprint density at radius 2 is 1.90 bits per heavy atom. The van der Waals surface area contributed by atoms with Gasteiger partial charge in [-0.2, -0.15) is 0 Å².